The molecule has 0 amide bonds. The fraction of sp³-hybridized carbons (Fsp3) is 0.308. The number of hydrogen-bond acceptors (Lipinski definition) is 2. The molecule has 0 unspecified atom stereocenters. The standard InChI is InChI=1S/C13H16FN3/c1-3-5-17-6-4-16-13(17)10-8-12(15)9(2)7-11(10)14/h4,6-8H,3,5,15H2,1-2H3. The van der Waals surface area contributed by atoms with Gasteiger partial charge in [-0.25, -0.2) is 9.37 Å². The molecule has 0 aliphatic carbocycles. The highest BCUT2D eigenvalue weighted by molar-refractivity contribution is 5.64. The Morgan fingerprint density at radius 3 is 2.88 bits per heavy atom. The van der Waals surface area contributed by atoms with Gasteiger partial charge in [-0.2, -0.15) is 0 Å². The molecule has 0 bridgehead atoms. The Balaban J connectivity index is 2.52. The zero-order valence-corrected chi connectivity index (χ0v) is 10.1. The third-order valence-corrected chi connectivity index (χ3v) is 2.78. The van der Waals surface area contributed by atoms with Gasteiger partial charge in [-0.15, -0.1) is 0 Å². The van der Waals surface area contributed by atoms with E-state index in [2.05, 4.69) is 11.9 Å². The van der Waals surface area contributed by atoms with Crippen molar-refractivity contribution >= 4 is 5.69 Å². The number of halogens is 1. The molecule has 0 spiro atoms. The SMILES string of the molecule is CCCn1ccnc1-c1cc(N)c(C)cc1F. The Bertz CT molecular complexity index is 531. The molecule has 1 heterocycles. The van der Waals surface area contributed by atoms with Gasteiger partial charge in [0.25, 0.3) is 0 Å². The van der Waals surface area contributed by atoms with Crippen LogP contribution < -0.4 is 5.73 Å². The maximum Gasteiger partial charge on any atom is 0.142 e. The van der Waals surface area contributed by atoms with Gasteiger partial charge in [0.05, 0.1) is 5.56 Å². The van der Waals surface area contributed by atoms with Crippen LogP contribution in [-0.4, -0.2) is 9.55 Å². The van der Waals surface area contributed by atoms with Crippen LogP contribution in [-0.2, 0) is 6.54 Å². The maximum atomic E-state index is 13.9. The Morgan fingerprint density at radius 2 is 2.18 bits per heavy atom. The number of rotatable bonds is 3. The molecule has 2 aromatic rings. The second-order valence-corrected chi connectivity index (χ2v) is 4.13. The molecule has 0 aliphatic heterocycles. The van der Waals surface area contributed by atoms with Gasteiger partial charge >= 0.3 is 0 Å². The zero-order valence-electron chi connectivity index (χ0n) is 10.1. The molecule has 0 fully saturated rings. The Labute approximate surface area is 100 Å². The van der Waals surface area contributed by atoms with E-state index in [0.717, 1.165) is 18.5 Å². The van der Waals surface area contributed by atoms with Crippen LogP contribution in [0.1, 0.15) is 18.9 Å². The fourth-order valence-electron chi connectivity index (χ4n) is 1.84. The first kappa shape index (κ1) is 11.6. The molecule has 2 N–H and O–H groups in total. The van der Waals surface area contributed by atoms with Crippen LogP contribution in [0, 0.1) is 12.7 Å². The molecule has 1 aromatic heterocycles. The number of hydrogen-bond donors (Lipinski definition) is 1. The number of aryl methyl sites for hydroxylation is 2. The third kappa shape index (κ3) is 2.16. The molecular weight excluding hydrogens is 217 g/mol. The second kappa shape index (κ2) is 4.57. The van der Waals surface area contributed by atoms with Gasteiger partial charge in [0.2, 0.25) is 0 Å². The van der Waals surface area contributed by atoms with Crippen molar-refractivity contribution in [3.63, 3.8) is 0 Å². The number of benzene rings is 1. The molecule has 1 aromatic carbocycles. The van der Waals surface area contributed by atoms with E-state index in [9.17, 15) is 4.39 Å². The minimum atomic E-state index is -0.278. The van der Waals surface area contributed by atoms with Gasteiger partial charge in [0, 0.05) is 24.6 Å². The highest BCUT2D eigenvalue weighted by atomic mass is 19.1. The van der Waals surface area contributed by atoms with E-state index < -0.39 is 0 Å². The summed E-state index contributed by atoms with van der Waals surface area (Å²) in [6.07, 6.45) is 4.52. The molecule has 2 rings (SSSR count). The summed E-state index contributed by atoms with van der Waals surface area (Å²) in [5, 5.41) is 0. The molecule has 3 nitrogen and oxygen atoms in total. The van der Waals surface area contributed by atoms with Crippen molar-refractivity contribution in [2.45, 2.75) is 26.8 Å². The summed E-state index contributed by atoms with van der Waals surface area (Å²) in [5.74, 6) is 0.358. The lowest BCUT2D eigenvalue weighted by Gasteiger charge is -2.09. The predicted molar refractivity (Wildman–Crippen MR) is 67.1 cm³/mol. The van der Waals surface area contributed by atoms with E-state index in [0.29, 0.717) is 17.1 Å². The predicted octanol–water partition coefficient (Wildman–Crippen LogP) is 2.99. The molecule has 17 heavy (non-hydrogen) atoms. The average molecular weight is 233 g/mol. The number of aromatic nitrogens is 2. The van der Waals surface area contributed by atoms with Gasteiger partial charge in [0.1, 0.15) is 11.6 Å². The van der Waals surface area contributed by atoms with Crippen molar-refractivity contribution in [3.05, 3.63) is 35.9 Å². The van der Waals surface area contributed by atoms with Crippen LogP contribution >= 0.6 is 0 Å². The summed E-state index contributed by atoms with van der Waals surface area (Å²) in [6.45, 7) is 4.69. The van der Waals surface area contributed by atoms with Gasteiger partial charge < -0.3 is 10.3 Å². The van der Waals surface area contributed by atoms with Crippen molar-refractivity contribution in [3.8, 4) is 11.4 Å². The molecule has 0 saturated carbocycles. The van der Waals surface area contributed by atoms with E-state index in [1.807, 2.05) is 10.8 Å². The smallest absolute Gasteiger partial charge is 0.142 e. The van der Waals surface area contributed by atoms with Crippen molar-refractivity contribution in [1.82, 2.24) is 9.55 Å². The number of nitrogens with zero attached hydrogens (tertiary/aromatic N) is 2. The number of imidazole rings is 1. The molecule has 0 radical (unpaired) electrons. The summed E-state index contributed by atoms with van der Waals surface area (Å²) in [7, 11) is 0. The van der Waals surface area contributed by atoms with Crippen molar-refractivity contribution in [2.75, 3.05) is 5.73 Å². The first-order chi connectivity index (χ1) is 8.13. The number of anilines is 1. The van der Waals surface area contributed by atoms with Crippen LogP contribution in [0.5, 0.6) is 0 Å². The fourth-order valence-corrected chi connectivity index (χ4v) is 1.84. The third-order valence-electron chi connectivity index (χ3n) is 2.78. The van der Waals surface area contributed by atoms with E-state index >= 15 is 0 Å². The van der Waals surface area contributed by atoms with Crippen LogP contribution in [0.2, 0.25) is 0 Å². The summed E-state index contributed by atoms with van der Waals surface area (Å²) in [4.78, 5) is 4.20. The molecule has 90 valence electrons. The highest BCUT2D eigenvalue weighted by Gasteiger charge is 2.12. The van der Waals surface area contributed by atoms with Crippen molar-refractivity contribution in [2.24, 2.45) is 0 Å². The largest absolute Gasteiger partial charge is 0.398 e. The van der Waals surface area contributed by atoms with Crippen LogP contribution in [0.25, 0.3) is 11.4 Å². The summed E-state index contributed by atoms with van der Waals surface area (Å²) in [5.41, 5.74) is 7.62. The van der Waals surface area contributed by atoms with E-state index in [-0.39, 0.29) is 5.82 Å². The van der Waals surface area contributed by atoms with E-state index in [4.69, 9.17) is 5.73 Å². The topological polar surface area (TPSA) is 43.8 Å². The number of nitrogens with two attached hydrogens (primary N) is 1. The number of nitrogen functional groups attached to an aromatic ring is 1. The molecule has 0 atom stereocenters. The van der Waals surface area contributed by atoms with Crippen molar-refractivity contribution < 1.29 is 4.39 Å². The average Bonchev–Trinajstić information content (AvgIpc) is 2.72. The van der Waals surface area contributed by atoms with Crippen molar-refractivity contribution in [1.29, 1.82) is 0 Å². The molecule has 0 aliphatic rings. The molecule has 0 saturated heterocycles. The first-order valence-electron chi connectivity index (χ1n) is 5.70. The molecule has 4 heteroatoms. The zero-order chi connectivity index (χ0) is 12.4. The Hall–Kier alpha value is -1.84. The lowest BCUT2D eigenvalue weighted by Crippen LogP contribution is -2.01. The lowest BCUT2D eigenvalue weighted by molar-refractivity contribution is 0.623. The Morgan fingerprint density at radius 1 is 1.41 bits per heavy atom. The summed E-state index contributed by atoms with van der Waals surface area (Å²) in [6, 6.07) is 3.11. The quantitative estimate of drug-likeness (QED) is 0.828. The normalized spacial score (nSPS) is 10.8. The summed E-state index contributed by atoms with van der Waals surface area (Å²) < 4.78 is 15.8. The van der Waals surface area contributed by atoms with Gasteiger partial charge in [0.15, 0.2) is 0 Å². The second-order valence-electron chi connectivity index (χ2n) is 4.13. The summed E-state index contributed by atoms with van der Waals surface area (Å²) >= 11 is 0. The molecular formula is C13H16FN3. The van der Waals surface area contributed by atoms with Crippen LogP contribution in [0.4, 0.5) is 10.1 Å². The van der Waals surface area contributed by atoms with Gasteiger partial charge in [-0.3, -0.25) is 0 Å². The van der Waals surface area contributed by atoms with Gasteiger partial charge in [-0.1, -0.05) is 6.92 Å². The monoisotopic (exact) mass is 233 g/mol. The minimum Gasteiger partial charge on any atom is -0.398 e. The van der Waals surface area contributed by atoms with Crippen LogP contribution in [0.15, 0.2) is 24.5 Å². The van der Waals surface area contributed by atoms with Crippen LogP contribution in [0.3, 0.4) is 0 Å². The minimum absolute atomic E-state index is 0.278. The van der Waals surface area contributed by atoms with E-state index in [1.165, 1.54) is 6.07 Å². The van der Waals surface area contributed by atoms with E-state index in [1.54, 1.807) is 19.2 Å². The maximum absolute atomic E-state index is 13.9. The highest BCUT2D eigenvalue weighted by Crippen LogP contribution is 2.26. The lowest BCUT2D eigenvalue weighted by atomic mass is 10.1. The Kier molecular flexibility index (Phi) is 3.13. The van der Waals surface area contributed by atoms with Gasteiger partial charge in [-0.05, 0) is 31.0 Å². The first-order valence-corrected chi connectivity index (χ1v) is 5.70.